The molecule has 1 rings (SSSR count). The monoisotopic (exact) mass is 270 g/mol. The van der Waals surface area contributed by atoms with E-state index in [2.05, 4.69) is 39.4 Å². The molecule has 0 aliphatic rings. The average Bonchev–Trinajstić information content (AvgIpc) is 2.17. The summed E-state index contributed by atoms with van der Waals surface area (Å²) < 4.78 is 1.15. The van der Waals surface area contributed by atoms with Crippen LogP contribution < -0.4 is 11.1 Å². The minimum absolute atomic E-state index is 0.295. The van der Waals surface area contributed by atoms with Crippen LogP contribution in [0.25, 0.3) is 0 Å². The molecule has 0 aromatic heterocycles. The first-order valence-corrected chi connectivity index (χ1v) is 6.18. The lowest BCUT2D eigenvalue weighted by Gasteiger charge is -2.07. The standard InChI is InChI=1S/C12H19BrN2/c1-10(14)5-7-15-8-6-11-3-2-4-12(13)9-11/h2-4,9-10,15H,5-8,14H2,1H3. The number of hydrogen-bond acceptors (Lipinski definition) is 2. The van der Waals surface area contributed by atoms with Crippen LogP contribution in [0.4, 0.5) is 0 Å². The third-order valence-corrected chi connectivity index (χ3v) is 2.75. The Bertz CT molecular complexity index is 287. The SMILES string of the molecule is CC(N)CCNCCc1cccc(Br)c1. The quantitative estimate of drug-likeness (QED) is 0.779. The molecule has 0 aliphatic carbocycles. The van der Waals surface area contributed by atoms with Crippen molar-refractivity contribution in [2.75, 3.05) is 13.1 Å². The van der Waals surface area contributed by atoms with E-state index in [1.54, 1.807) is 0 Å². The molecule has 1 atom stereocenters. The molecule has 1 unspecified atom stereocenters. The van der Waals surface area contributed by atoms with Crippen LogP contribution in [-0.2, 0) is 6.42 Å². The Kier molecular flexibility index (Phi) is 5.91. The predicted molar refractivity (Wildman–Crippen MR) is 69.0 cm³/mol. The van der Waals surface area contributed by atoms with Crippen LogP contribution in [0.15, 0.2) is 28.7 Å². The van der Waals surface area contributed by atoms with Gasteiger partial charge in [0, 0.05) is 10.5 Å². The van der Waals surface area contributed by atoms with Gasteiger partial charge in [0.1, 0.15) is 0 Å². The van der Waals surface area contributed by atoms with Crippen molar-refractivity contribution in [1.82, 2.24) is 5.32 Å². The highest BCUT2D eigenvalue weighted by Crippen LogP contribution is 2.11. The van der Waals surface area contributed by atoms with Crippen LogP contribution >= 0.6 is 15.9 Å². The molecule has 0 radical (unpaired) electrons. The summed E-state index contributed by atoms with van der Waals surface area (Å²) in [5.41, 5.74) is 7.02. The fourth-order valence-corrected chi connectivity index (χ4v) is 1.83. The van der Waals surface area contributed by atoms with Gasteiger partial charge < -0.3 is 11.1 Å². The average molecular weight is 271 g/mol. The minimum atomic E-state index is 0.295. The first kappa shape index (κ1) is 12.7. The molecule has 1 aromatic rings. The van der Waals surface area contributed by atoms with E-state index in [0.717, 1.165) is 30.4 Å². The summed E-state index contributed by atoms with van der Waals surface area (Å²) in [6, 6.07) is 8.72. The summed E-state index contributed by atoms with van der Waals surface area (Å²) >= 11 is 3.47. The highest BCUT2D eigenvalue weighted by atomic mass is 79.9. The van der Waals surface area contributed by atoms with E-state index < -0.39 is 0 Å². The van der Waals surface area contributed by atoms with Crippen molar-refractivity contribution in [3.05, 3.63) is 34.3 Å². The molecule has 84 valence electrons. The van der Waals surface area contributed by atoms with Gasteiger partial charge >= 0.3 is 0 Å². The lowest BCUT2D eigenvalue weighted by atomic mass is 10.1. The van der Waals surface area contributed by atoms with Crippen LogP contribution in [0.3, 0.4) is 0 Å². The van der Waals surface area contributed by atoms with E-state index in [0.29, 0.717) is 6.04 Å². The fourth-order valence-electron chi connectivity index (χ4n) is 1.38. The molecule has 0 aliphatic heterocycles. The number of halogens is 1. The van der Waals surface area contributed by atoms with Crippen molar-refractivity contribution < 1.29 is 0 Å². The molecular formula is C12H19BrN2. The Morgan fingerprint density at radius 2 is 2.20 bits per heavy atom. The number of benzene rings is 1. The highest BCUT2D eigenvalue weighted by molar-refractivity contribution is 9.10. The molecule has 0 amide bonds. The maximum Gasteiger partial charge on any atom is 0.0178 e. The molecule has 1 aromatic carbocycles. The molecule has 0 heterocycles. The Morgan fingerprint density at radius 1 is 1.40 bits per heavy atom. The van der Waals surface area contributed by atoms with Gasteiger partial charge in [0.05, 0.1) is 0 Å². The second-order valence-electron chi connectivity index (χ2n) is 3.90. The van der Waals surface area contributed by atoms with Crippen molar-refractivity contribution in [2.24, 2.45) is 5.73 Å². The Morgan fingerprint density at radius 3 is 2.87 bits per heavy atom. The maximum absolute atomic E-state index is 5.66. The summed E-state index contributed by atoms with van der Waals surface area (Å²) in [5.74, 6) is 0. The topological polar surface area (TPSA) is 38.0 Å². The van der Waals surface area contributed by atoms with Crippen LogP contribution in [0.5, 0.6) is 0 Å². The Balaban J connectivity index is 2.15. The molecule has 0 spiro atoms. The molecule has 15 heavy (non-hydrogen) atoms. The fraction of sp³-hybridized carbons (Fsp3) is 0.500. The number of rotatable bonds is 6. The summed E-state index contributed by atoms with van der Waals surface area (Å²) in [5, 5.41) is 3.39. The predicted octanol–water partition coefficient (Wildman–Crippen LogP) is 2.32. The molecule has 2 nitrogen and oxygen atoms in total. The lowest BCUT2D eigenvalue weighted by Crippen LogP contribution is -2.25. The van der Waals surface area contributed by atoms with E-state index >= 15 is 0 Å². The summed E-state index contributed by atoms with van der Waals surface area (Å²) in [6.07, 6.45) is 2.11. The second-order valence-corrected chi connectivity index (χ2v) is 4.81. The zero-order valence-electron chi connectivity index (χ0n) is 9.17. The zero-order valence-corrected chi connectivity index (χ0v) is 10.8. The van der Waals surface area contributed by atoms with Gasteiger partial charge in [0.25, 0.3) is 0 Å². The van der Waals surface area contributed by atoms with E-state index in [4.69, 9.17) is 5.73 Å². The van der Waals surface area contributed by atoms with Gasteiger partial charge in [0.2, 0.25) is 0 Å². The molecular weight excluding hydrogens is 252 g/mol. The van der Waals surface area contributed by atoms with Crippen LogP contribution in [0, 0.1) is 0 Å². The minimum Gasteiger partial charge on any atom is -0.328 e. The number of nitrogens with one attached hydrogen (secondary N) is 1. The van der Waals surface area contributed by atoms with Gasteiger partial charge in [-0.2, -0.15) is 0 Å². The lowest BCUT2D eigenvalue weighted by molar-refractivity contribution is 0.590. The third-order valence-electron chi connectivity index (χ3n) is 2.26. The second kappa shape index (κ2) is 6.99. The molecule has 0 fully saturated rings. The van der Waals surface area contributed by atoms with E-state index in [9.17, 15) is 0 Å². The number of hydrogen-bond donors (Lipinski definition) is 2. The normalized spacial score (nSPS) is 12.7. The maximum atomic E-state index is 5.66. The van der Waals surface area contributed by atoms with E-state index in [1.807, 2.05) is 13.0 Å². The van der Waals surface area contributed by atoms with Crippen LogP contribution in [0.1, 0.15) is 18.9 Å². The van der Waals surface area contributed by atoms with Crippen molar-refractivity contribution in [3.63, 3.8) is 0 Å². The summed E-state index contributed by atoms with van der Waals surface area (Å²) in [7, 11) is 0. The van der Waals surface area contributed by atoms with Gasteiger partial charge in [-0.05, 0) is 50.6 Å². The number of nitrogens with two attached hydrogens (primary N) is 1. The van der Waals surface area contributed by atoms with Gasteiger partial charge in [-0.25, -0.2) is 0 Å². The summed E-state index contributed by atoms with van der Waals surface area (Å²) in [6.45, 7) is 4.06. The van der Waals surface area contributed by atoms with Gasteiger partial charge in [-0.3, -0.25) is 0 Å². The van der Waals surface area contributed by atoms with E-state index in [-0.39, 0.29) is 0 Å². The van der Waals surface area contributed by atoms with Gasteiger partial charge in [0.15, 0.2) is 0 Å². The molecule has 0 saturated carbocycles. The van der Waals surface area contributed by atoms with Crippen molar-refractivity contribution in [1.29, 1.82) is 0 Å². The van der Waals surface area contributed by atoms with Crippen molar-refractivity contribution >= 4 is 15.9 Å². The van der Waals surface area contributed by atoms with Gasteiger partial charge in [-0.15, -0.1) is 0 Å². The first-order chi connectivity index (χ1) is 7.18. The first-order valence-electron chi connectivity index (χ1n) is 5.39. The largest absolute Gasteiger partial charge is 0.328 e. The Hall–Kier alpha value is -0.380. The smallest absolute Gasteiger partial charge is 0.0178 e. The molecule has 0 bridgehead atoms. The van der Waals surface area contributed by atoms with Crippen LogP contribution in [-0.4, -0.2) is 19.1 Å². The summed E-state index contributed by atoms with van der Waals surface area (Å²) in [4.78, 5) is 0. The highest BCUT2D eigenvalue weighted by Gasteiger charge is 1.95. The van der Waals surface area contributed by atoms with Crippen molar-refractivity contribution in [3.8, 4) is 0 Å². The van der Waals surface area contributed by atoms with Crippen LogP contribution in [0.2, 0.25) is 0 Å². The zero-order chi connectivity index (χ0) is 11.1. The van der Waals surface area contributed by atoms with Gasteiger partial charge in [-0.1, -0.05) is 28.1 Å². The third kappa shape index (κ3) is 5.92. The van der Waals surface area contributed by atoms with E-state index in [1.165, 1.54) is 5.56 Å². The van der Waals surface area contributed by atoms with Crippen molar-refractivity contribution in [2.45, 2.75) is 25.8 Å². The Labute approximate surface area is 100 Å². The molecule has 0 saturated heterocycles. The molecule has 3 N–H and O–H groups in total. The molecule has 3 heteroatoms.